The second-order valence-corrected chi connectivity index (χ2v) is 8.27. The first-order valence-corrected chi connectivity index (χ1v) is 8.72. The molecule has 0 saturated heterocycles. The van der Waals surface area contributed by atoms with Crippen molar-refractivity contribution in [1.82, 2.24) is 10.2 Å². The average Bonchev–Trinajstić information content (AvgIpc) is 2.30. The summed E-state index contributed by atoms with van der Waals surface area (Å²) >= 11 is 0. The Bertz CT molecular complexity index is 271. The Balaban J connectivity index is 2.70. The van der Waals surface area contributed by atoms with Gasteiger partial charge in [0.1, 0.15) is 0 Å². The maximum absolute atomic E-state index is 3.74. The van der Waals surface area contributed by atoms with Crippen LogP contribution in [0.25, 0.3) is 0 Å². The molecule has 0 amide bonds. The molecule has 1 saturated carbocycles. The molecule has 0 aromatic rings. The fraction of sp³-hybridized carbons (Fsp3) is 1.00. The molecule has 0 radical (unpaired) electrons. The number of hydrogen-bond acceptors (Lipinski definition) is 2. The van der Waals surface area contributed by atoms with Gasteiger partial charge in [-0.15, -0.1) is 0 Å². The summed E-state index contributed by atoms with van der Waals surface area (Å²) in [6.07, 6.45) is 4.08. The Hall–Kier alpha value is -0.0800. The molecule has 0 aromatic heterocycles. The van der Waals surface area contributed by atoms with E-state index >= 15 is 0 Å². The number of hydrogen-bond donors (Lipinski definition) is 1. The molecule has 20 heavy (non-hydrogen) atoms. The molecular formula is C18H38N2. The van der Waals surface area contributed by atoms with Crippen molar-refractivity contribution in [2.24, 2.45) is 17.3 Å². The van der Waals surface area contributed by atoms with Crippen molar-refractivity contribution >= 4 is 0 Å². The lowest BCUT2D eigenvalue weighted by atomic mass is 9.69. The zero-order valence-corrected chi connectivity index (χ0v) is 15.0. The Morgan fingerprint density at radius 1 is 1.20 bits per heavy atom. The predicted molar refractivity (Wildman–Crippen MR) is 90.1 cm³/mol. The summed E-state index contributed by atoms with van der Waals surface area (Å²) < 4.78 is 0. The quantitative estimate of drug-likeness (QED) is 0.754. The van der Waals surface area contributed by atoms with Gasteiger partial charge >= 0.3 is 0 Å². The fourth-order valence-electron chi connectivity index (χ4n) is 3.73. The van der Waals surface area contributed by atoms with Gasteiger partial charge in [-0.1, -0.05) is 34.6 Å². The minimum atomic E-state index is 0.525. The van der Waals surface area contributed by atoms with Crippen LogP contribution in [0.2, 0.25) is 0 Å². The molecule has 1 aliphatic rings. The molecule has 2 atom stereocenters. The smallest absolute Gasteiger partial charge is 0.0108 e. The lowest BCUT2D eigenvalue weighted by molar-refractivity contribution is 0.0823. The van der Waals surface area contributed by atoms with Crippen LogP contribution in [0.5, 0.6) is 0 Å². The summed E-state index contributed by atoms with van der Waals surface area (Å²) in [5.41, 5.74) is 0.525. The van der Waals surface area contributed by atoms with Gasteiger partial charge in [0.25, 0.3) is 0 Å². The van der Waals surface area contributed by atoms with Gasteiger partial charge in [0.05, 0.1) is 0 Å². The van der Waals surface area contributed by atoms with Crippen LogP contribution in [-0.4, -0.2) is 36.6 Å². The van der Waals surface area contributed by atoms with E-state index in [-0.39, 0.29) is 0 Å². The van der Waals surface area contributed by atoms with Crippen LogP contribution in [0.1, 0.15) is 67.7 Å². The summed E-state index contributed by atoms with van der Waals surface area (Å²) in [4.78, 5) is 2.70. The van der Waals surface area contributed by atoms with Gasteiger partial charge in [-0.05, 0) is 56.9 Å². The highest BCUT2D eigenvalue weighted by molar-refractivity contribution is 4.90. The molecule has 2 unspecified atom stereocenters. The highest BCUT2D eigenvalue weighted by Gasteiger charge is 2.35. The van der Waals surface area contributed by atoms with E-state index in [0.717, 1.165) is 24.4 Å². The van der Waals surface area contributed by atoms with Gasteiger partial charge in [-0.3, -0.25) is 0 Å². The lowest BCUT2D eigenvalue weighted by Gasteiger charge is -2.44. The summed E-state index contributed by atoms with van der Waals surface area (Å²) in [6.45, 7) is 20.1. The van der Waals surface area contributed by atoms with Crippen LogP contribution in [0.15, 0.2) is 0 Å². The molecule has 1 rings (SSSR count). The van der Waals surface area contributed by atoms with E-state index in [1.165, 1.54) is 32.4 Å². The first-order chi connectivity index (χ1) is 9.25. The molecular weight excluding hydrogens is 244 g/mol. The number of rotatable bonds is 7. The maximum atomic E-state index is 3.74. The normalized spacial score (nSPS) is 26.7. The van der Waals surface area contributed by atoms with Crippen molar-refractivity contribution in [2.45, 2.75) is 79.8 Å². The number of nitrogens with one attached hydrogen (secondary N) is 1. The van der Waals surface area contributed by atoms with Crippen LogP contribution in [0.4, 0.5) is 0 Å². The summed E-state index contributed by atoms with van der Waals surface area (Å²) in [7, 11) is 0. The van der Waals surface area contributed by atoms with Crippen LogP contribution in [0, 0.1) is 17.3 Å². The topological polar surface area (TPSA) is 15.3 Å². The van der Waals surface area contributed by atoms with E-state index in [4.69, 9.17) is 0 Å². The van der Waals surface area contributed by atoms with Crippen molar-refractivity contribution in [1.29, 1.82) is 0 Å². The third-order valence-electron chi connectivity index (χ3n) is 4.78. The molecule has 0 aromatic carbocycles. The minimum Gasteiger partial charge on any atom is -0.314 e. The van der Waals surface area contributed by atoms with Crippen LogP contribution >= 0.6 is 0 Å². The Morgan fingerprint density at radius 3 is 2.35 bits per heavy atom. The highest BCUT2D eigenvalue weighted by atomic mass is 15.2. The standard InChI is InChI=1S/C18H38N2/c1-8-19-17-9-10-18(6,7)11-16(17)13-20(15(4)5)12-14(2)3/h14-17,19H,8-13H2,1-7H3. The van der Waals surface area contributed by atoms with Crippen LogP contribution < -0.4 is 5.32 Å². The minimum absolute atomic E-state index is 0.525. The molecule has 1 aliphatic carbocycles. The van der Waals surface area contributed by atoms with E-state index in [1.807, 2.05) is 0 Å². The SMILES string of the molecule is CCNC1CCC(C)(C)CC1CN(CC(C)C)C(C)C. The van der Waals surface area contributed by atoms with Gasteiger partial charge < -0.3 is 10.2 Å². The predicted octanol–water partition coefficient (Wildman–Crippen LogP) is 4.16. The van der Waals surface area contributed by atoms with Crippen molar-refractivity contribution in [2.75, 3.05) is 19.6 Å². The molecule has 0 bridgehead atoms. The first kappa shape index (κ1) is 18.0. The highest BCUT2D eigenvalue weighted by Crippen LogP contribution is 2.39. The fourth-order valence-corrected chi connectivity index (χ4v) is 3.73. The molecule has 120 valence electrons. The summed E-state index contributed by atoms with van der Waals surface area (Å²) in [5.74, 6) is 1.56. The Kier molecular flexibility index (Phi) is 7.00. The van der Waals surface area contributed by atoms with Crippen molar-refractivity contribution in [3.05, 3.63) is 0 Å². The summed E-state index contributed by atoms with van der Waals surface area (Å²) in [5, 5.41) is 3.74. The molecule has 2 nitrogen and oxygen atoms in total. The third-order valence-corrected chi connectivity index (χ3v) is 4.78. The molecule has 0 spiro atoms. The van der Waals surface area contributed by atoms with Crippen molar-refractivity contribution in [3.63, 3.8) is 0 Å². The largest absolute Gasteiger partial charge is 0.314 e. The van der Waals surface area contributed by atoms with Crippen LogP contribution in [0.3, 0.4) is 0 Å². The van der Waals surface area contributed by atoms with Crippen molar-refractivity contribution in [3.8, 4) is 0 Å². The zero-order valence-electron chi connectivity index (χ0n) is 15.0. The van der Waals surface area contributed by atoms with Gasteiger partial charge in [0.15, 0.2) is 0 Å². The van der Waals surface area contributed by atoms with E-state index in [1.54, 1.807) is 0 Å². The second-order valence-electron chi connectivity index (χ2n) is 8.27. The zero-order chi connectivity index (χ0) is 15.3. The molecule has 0 aliphatic heterocycles. The Labute approximate surface area is 127 Å². The maximum Gasteiger partial charge on any atom is 0.0108 e. The van der Waals surface area contributed by atoms with E-state index in [0.29, 0.717) is 11.5 Å². The average molecular weight is 283 g/mol. The number of nitrogens with zero attached hydrogens (tertiary/aromatic N) is 1. The first-order valence-electron chi connectivity index (χ1n) is 8.72. The van der Waals surface area contributed by atoms with Gasteiger partial charge in [0, 0.05) is 25.2 Å². The van der Waals surface area contributed by atoms with E-state index < -0.39 is 0 Å². The lowest BCUT2D eigenvalue weighted by Crippen LogP contribution is -2.49. The van der Waals surface area contributed by atoms with Crippen LogP contribution in [-0.2, 0) is 0 Å². The molecule has 1 fully saturated rings. The molecule has 0 heterocycles. The van der Waals surface area contributed by atoms with E-state index in [2.05, 4.69) is 58.7 Å². The Morgan fingerprint density at radius 2 is 1.85 bits per heavy atom. The van der Waals surface area contributed by atoms with Crippen molar-refractivity contribution < 1.29 is 0 Å². The van der Waals surface area contributed by atoms with Gasteiger partial charge in [-0.25, -0.2) is 0 Å². The van der Waals surface area contributed by atoms with Gasteiger partial charge in [-0.2, -0.15) is 0 Å². The van der Waals surface area contributed by atoms with Gasteiger partial charge in [0.2, 0.25) is 0 Å². The summed E-state index contributed by atoms with van der Waals surface area (Å²) in [6, 6.07) is 1.38. The molecule has 1 N–H and O–H groups in total. The monoisotopic (exact) mass is 282 g/mol. The second kappa shape index (κ2) is 7.79. The molecule has 2 heteroatoms. The third kappa shape index (κ3) is 5.73. The van der Waals surface area contributed by atoms with E-state index in [9.17, 15) is 0 Å².